The third-order valence-corrected chi connectivity index (χ3v) is 4.99. The van der Waals surface area contributed by atoms with Crippen molar-refractivity contribution in [3.63, 3.8) is 0 Å². The first-order valence-electron chi connectivity index (χ1n) is 8.65. The zero-order valence-electron chi connectivity index (χ0n) is 15.0. The van der Waals surface area contributed by atoms with Crippen LogP contribution in [0.3, 0.4) is 0 Å². The van der Waals surface area contributed by atoms with Gasteiger partial charge in [-0.1, -0.05) is 12.1 Å². The lowest BCUT2D eigenvalue weighted by Gasteiger charge is -2.33. The number of benzene rings is 1. The van der Waals surface area contributed by atoms with Crippen LogP contribution in [0, 0.1) is 6.92 Å². The first-order chi connectivity index (χ1) is 12.0. The van der Waals surface area contributed by atoms with Gasteiger partial charge in [-0.15, -0.1) is 0 Å². The summed E-state index contributed by atoms with van der Waals surface area (Å²) in [4.78, 5) is 20.1. The summed E-state index contributed by atoms with van der Waals surface area (Å²) in [7, 11) is 4.03. The molecule has 0 spiro atoms. The van der Waals surface area contributed by atoms with E-state index in [2.05, 4.69) is 39.0 Å². The van der Waals surface area contributed by atoms with E-state index in [1.165, 1.54) is 0 Å². The van der Waals surface area contributed by atoms with E-state index in [-0.39, 0.29) is 6.04 Å². The smallest absolute Gasteiger partial charge is 0.320 e. The Morgan fingerprint density at radius 3 is 2.60 bits per heavy atom. The van der Waals surface area contributed by atoms with Gasteiger partial charge in [0.15, 0.2) is 0 Å². The molecule has 5 nitrogen and oxygen atoms in total. The molecule has 0 aliphatic carbocycles. The summed E-state index contributed by atoms with van der Waals surface area (Å²) in [5.74, 6) is -0.737. The van der Waals surface area contributed by atoms with E-state index in [4.69, 9.17) is 0 Å². The molecule has 2 atom stereocenters. The van der Waals surface area contributed by atoms with Crippen molar-refractivity contribution in [2.75, 3.05) is 25.5 Å². The molecule has 0 radical (unpaired) electrons. The normalized spacial score (nSPS) is 18.9. The van der Waals surface area contributed by atoms with Crippen LogP contribution >= 0.6 is 0 Å². The number of likely N-dealkylation sites (tertiary alicyclic amines) is 1. The summed E-state index contributed by atoms with van der Waals surface area (Å²) >= 11 is 0. The molecule has 1 aromatic carbocycles. The quantitative estimate of drug-likeness (QED) is 0.907. The Hall–Kier alpha value is -2.40. The molecule has 1 aromatic heterocycles. The number of nitrogens with zero attached hydrogens (tertiary/aromatic N) is 3. The topological polar surface area (TPSA) is 56.7 Å². The van der Waals surface area contributed by atoms with Gasteiger partial charge in [0.05, 0.1) is 6.04 Å². The Morgan fingerprint density at radius 1 is 1.28 bits per heavy atom. The van der Waals surface area contributed by atoms with Gasteiger partial charge in [-0.25, -0.2) is 0 Å². The molecule has 132 valence electrons. The van der Waals surface area contributed by atoms with Gasteiger partial charge >= 0.3 is 5.97 Å². The average Bonchev–Trinajstić information content (AvgIpc) is 3.07. The Morgan fingerprint density at radius 2 is 2.00 bits per heavy atom. The van der Waals surface area contributed by atoms with Crippen LogP contribution in [0.15, 0.2) is 42.7 Å². The Bertz CT molecular complexity index is 743. The highest BCUT2D eigenvalue weighted by molar-refractivity contribution is 5.74. The van der Waals surface area contributed by atoms with Crippen molar-refractivity contribution in [3.8, 4) is 0 Å². The van der Waals surface area contributed by atoms with Crippen molar-refractivity contribution in [1.82, 2.24) is 9.88 Å². The predicted molar refractivity (Wildman–Crippen MR) is 98.9 cm³/mol. The molecule has 0 amide bonds. The molecule has 0 saturated carbocycles. The van der Waals surface area contributed by atoms with Crippen LogP contribution in [0.25, 0.3) is 0 Å². The van der Waals surface area contributed by atoms with Crippen LogP contribution < -0.4 is 4.90 Å². The molecule has 5 heteroatoms. The molecule has 2 unspecified atom stereocenters. The van der Waals surface area contributed by atoms with E-state index in [9.17, 15) is 9.90 Å². The summed E-state index contributed by atoms with van der Waals surface area (Å²) in [6.07, 6.45) is 5.25. The van der Waals surface area contributed by atoms with E-state index in [0.717, 1.165) is 35.3 Å². The van der Waals surface area contributed by atoms with Gasteiger partial charge in [-0.2, -0.15) is 0 Å². The van der Waals surface area contributed by atoms with Crippen LogP contribution in [0.4, 0.5) is 5.69 Å². The number of anilines is 1. The number of carbonyl (C=O) groups is 1. The number of carboxylic acids is 1. The minimum Gasteiger partial charge on any atom is -0.480 e. The van der Waals surface area contributed by atoms with Gasteiger partial charge in [-0.3, -0.25) is 14.7 Å². The second kappa shape index (κ2) is 7.23. The van der Waals surface area contributed by atoms with Crippen molar-refractivity contribution in [1.29, 1.82) is 0 Å². The molecule has 1 aliphatic rings. The molecule has 25 heavy (non-hydrogen) atoms. The summed E-state index contributed by atoms with van der Waals surface area (Å²) in [5, 5.41) is 9.65. The maximum absolute atomic E-state index is 11.7. The Labute approximate surface area is 148 Å². The fourth-order valence-electron chi connectivity index (χ4n) is 3.66. The van der Waals surface area contributed by atoms with Crippen LogP contribution in [0.5, 0.6) is 0 Å². The highest BCUT2D eigenvalue weighted by Crippen LogP contribution is 2.36. The third-order valence-electron chi connectivity index (χ3n) is 4.99. The SMILES string of the molecule is Cc1cnccc1C(c1ccc(N(C)C)cc1)N1CCCC1C(=O)O. The van der Waals surface area contributed by atoms with Crippen LogP contribution in [0.1, 0.15) is 35.6 Å². The molecule has 1 N–H and O–H groups in total. The van der Waals surface area contributed by atoms with Gasteiger partial charge < -0.3 is 10.0 Å². The molecule has 2 heterocycles. The minimum absolute atomic E-state index is 0.0668. The molecule has 1 saturated heterocycles. The van der Waals surface area contributed by atoms with Crippen molar-refractivity contribution in [3.05, 3.63) is 59.4 Å². The monoisotopic (exact) mass is 339 g/mol. The lowest BCUT2D eigenvalue weighted by atomic mass is 9.94. The van der Waals surface area contributed by atoms with Gasteiger partial charge in [0.1, 0.15) is 6.04 Å². The number of carboxylic acid groups (broad SMARTS) is 1. The summed E-state index contributed by atoms with van der Waals surface area (Å²) in [6.45, 7) is 2.83. The zero-order valence-corrected chi connectivity index (χ0v) is 15.0. The number of aromatic nitrogens is 1. The van der Waals surface area contributed by atoms with Crippen molar-refractivity contribution in [2.45, 2.75) is 31.8 Å². The number of aliphatic carboxylic acids is 1. The highest BCUT2D eigenvalue weighted by atomic mass is 16.4. The van der Waals surface area contributed by atoms with Crippen molar-refractivity contribution < 1.29 is 9.90 Å². The highest BCUT2D eigenvalue weighted by Gasteiger charge is 2.37. The van der Waals surface area contributed by atoms with Gasteiger partial charge in [0, 0.05) is 38.7 Å². The van der Waals surface area contributed by atoms with Crippen LogP contribution in [-0.4, -0.2) is 47.6 Å². The Balaban J connectivity index is 2.06. The number of aryl methyl sites for hydroxylation is 1. The summed E-state index contributed by atoms with van der Waals surface area (Å²) in [6, 6.07) is 9.90. The second-order valence-electron chi connectivity index (χ2n) is 6.85. The number of hydrogen-bond donors (Lipinski definition) is 1. The largest absolute Gasteiger partial charge is 0.480 e. The lowest BCUT2D eigenvalue weighted by Crippen LogP contribution is -2.39. The number of pyridine rings is 1. The average molecular weight is 339 g/mol. The summed E-state index contributed by atoms with van der Waals surface area (Å²) in [5.41, 5.74) is 4.46. The van der Waals surface area contributed by atoms with E-state index in [0.29, 0.717) is 6.42 Å². The van der Waals surface area contributed by atoms with Gasteiger partial charge in [-0.05, 0) is 54.7 Å². The van der Waals surface area contributed by atoms with E-state index in [1.54, 1.807) is 6.20 Å². The van der Waals surface area contributed by atoms with E-state index >= 15 is 0 Å². The number of rotatable bonds is 5. The fraction of sp³-hybridized carbons (Fsp3) is 0.400. The zero-order chi connectivity index (χ0) is 18.0. The molecular formula is C20H25N3O2. The van der Waals surface area contributed by atoms with Gasteiger partial charge in [0.2, 0.25) is 0 Å². The molecular weight excluding hydrogens is 314 g/mol. The molecule has 0 bridgehead atoms. The first kappa shape index (κ1) is 17.4. The lowest BCUT2D eigenvalue weighted by molar-refractivity contribution is -0.142. The molecule has 3 rings (SSSR count). The second-order valence-corrected chi connectivity index (χ2v) is 6.85. The fourth-order valence-corrected chi connectivity index (χ4v) is 3.66. The molecule has 2 aromatic rings. The predicted octanol–water partition coefficient (Wildman–Crippen LogP) is 3.09. The molecule has 1 fully saturated rings. The first-order valence-corrected chi connectivity index (χ1v) is 8.65. The minimum atomic E-state index is -0.737. The van der Waals surface area contributed by atoms with Crippen molar-refractivity contribution >= 4 is 11.7 Å². The van der Waals surface area contributed by atoms with Crippen LogP contribution in [-0.2, 0) is 4.79 Å². The molecule has 1 aliphatic heterocycles. The Kier molecular flexibility index (Phi) is 5.04. The number of hydrogen-bond acceptors (Lipinski definition) is 4. The van der Waals surface area contributed by atoms with E-state index < -0.39 is 12.0 Å². The van der Waals surface area contributed by atoms with E-state index in [1.807, 2.05) is 33.3 Å². The third kappa shape index (κ3) is 3.51. The maximum Gasteiger partial charge on any atom is 0.320 e. The van der Waals surface area contributed by atoms with Crippen LogP contribution in [0.2, 0.25) is 0 Å². The maximum atomic E-state index is 11.7. The standard InChI is InChI=1S/C20H25N3O2/c1-14-13-21-11-10-17(14)19(23-12-4-5-18(23)20(24)25)15-6-8-16(9-7-15)22(2)3/h6-11,13,18-19H,4-5,12H2,1-3H3,(H,24,25). The van der Waals surface area contributed by atoms with Crippen molar-refractivity contribution in [2.24, 2.45) is 0 Å². The summed E-state index contributed by atoms with van der Waals surface area (Å²) < 4.78 is 0. The van der Waals surface area contributed by atoms with Gasteiger partial charge in [0.25, 0.3) is 0 Å².